The topological polar surface area (TPSA) is 32.3 Å². The average Bonchev–Trinajstić information content (AvgIpc) is 3.03. The number of hydrogen-bond donors (Lipinski definition) is 1. The highest BCUT2D eigenvalue weighted by molar-refractivity contribution is 5.85. The normalized spacial score (nSPS) is 25.1. The van der Waals surface area contributed by atoms with Crippen molar-refractivity contribution in [3.63, 3.8) is 0 Å². The third kappa shape index (κ3) is 3.63. The van der Waals surface area contributed by atoms with Crippen molar-refractivity contribution in [3.8, 4) is 0 Å². The van der Waals surface area contributed by atoms with E-state index >= 15 is 0 Å². The summed E-state index contributed by atoms with van der Waals surface area (Å²) in [5.74, 6) is 1.12. The summed E-state index contributed by atoms with van der Waals surface area (Å²) in [4.78, 5) is 14.2. The fourth-order valence-electron chi connectivity index (χ4n) is 2.37. The molecular formula is C12H23ClN2O. The maximum absolute atomic E-state index is 12.0. The highest BCUT2D eigenvalue weighted by Crippen LogP contribution is 2.33. The molecule has 94 valence electrons. The molecule has 1 N–H and O–H groups in total. The summed E-state index contributed by atoms with van der Waals surface area (Å²) in [5, 5.41) is 3.38. The first-order chi connectivity index (χ1) is 7.31. The van der Waals surface area contributed by atoms with Crippen LogP contribution in [0.3, 0.4) is 0 Å². The Bertz CT molecular complexity index is 229. The van der Waals surface area contributed by atoms with Crippen molar-refractivity contribution in [1.82, 2.24) is 10.2 Å². The number of carbonyl (C=O) groups is 1. The highest BCUT2D eigenvalue weighted by atomic mass is 35.5. The number of piperazine rings is 1. The van der Waals surface area contributed by atoms with Crippen LogP contribution in [-0.4, -0.2) is 36.5 Å². The summed E-state index contributed by atoms with van der Waals surface area (Å²) in [5.41, 5.74) is 0. The molecule has 0 aromatic heterocycles. The number of nitrogens with one attached hydrogen (secondary N) is 1. The first-order valence-corrected chi connectivity index (χ1v) is 6.31. The van der Waals surface area contributed by atoms with Gasteiger partial charge in [-0.25, -0.2) is 0 Å². The summed E-state index contributed by atoms with van der Waals surface area (Å²) < 4.78 is 0. The van der Waals surface area contributed by atoms with Crippen molar-refractivity contribution < 1.29 is 4.79 Å². The molecule has 0 aromatic rings. The maximum Gasteiger partial charge on any atom is 0.223 e. The van der Waals surface area contributed by atoms with Gasteiger partial charge in [-0.3, -0.25) is 4.79 Å². The molecule has 1 unspecified atom stereocenters. The van der Waals surface area contributed by atoms with Gasteiger partial charge in [0.25, 0.3) is 0 Å². The van der Waals surface area contributed by atoms with E-state index in [1.54, 1.807) is 0 Å². The Morgan fingerprint density at radius 3 is 2.81 bits per heavy atom. The Kier molecular flexibility index (Phi) is 5.56. The van der Waals surface area contributed by atoms with E-state index < -0.39 is 0 Å². The summed E-state index contributed by atoms with van der Waals surface area (Å²) in [6.07, 6.45) is 5.66. The number of nitrogens with zero attached hydrogens (tertiary/aromatic N) is 1. The lowest BCUT2D eigenvalue weighted by molar-refractivity contribution is -0.134. The van der Waals surface area contributed by atoms with Crippen molar-refractivity contribution in [2.75, 3.05) is 19.6 Å². The zero-order valence-electron chi connectivity index (χ0n) is 10.1. The third-order valence-corrected chi connectivity index (χ3v) is 3.45. The highest BCUT2D eigenvalue weighted by Gasteiger charge is 2.30. The van der Waals surface area contributed by atoms with Crippen LogP contribution in [0.25, 0.3) is 0 Å². The molecule has 2 fully saturated rings. The first kappa shape index (κ1) is 13.8. The van der Waals surface area contributed by atoms with Gasteiger partial charge in [0.1, 0.15) is 0 Å². The lowest BCUT2D eigenvalue weighted by Gasteiger charge is -2.36. The molecule has 1 atom stereocenters. The number of rotatable bonds is 4. The van der Waals surface area contributed by atoms with E-state index in [0.717, 1.165) is 38.4 Å². The van der Waals surface area contributed by atoms with Crippen LogP contribution < -0.4 is 5.32 Å². The Hall–Kier alpha value is -0.280. The van der Waals surface area contributed by atoms with E-state index in [-0.39, 0.29) is 12.4 Å². The minimum Gasteiger partial charge on any atom is -0.337 e. The number of amides is 1. The predicted molar refractivity (Wildman–Crippen MR) is 67.9 cm³/mol. The Morgan fingerprint density at radius 2 is 2.19 bits per heavy atom. The van der Waals surface area contributed by atoms with Gasteiger partial charge >= 0.3 is 0 Å². The maximum atomic E-state index is 12.0. The van der Waals surface area contributed by atoms with Crippen LogP contribution in [0, 0.1) is 5.92 Å². The van der Waals surface area contributed by atoms with Crippen LogP contribution >= 0.6 is 12.4 Å². The van der Waals surface area contributed by atoms with Crippen molar-refractivity contribution in [2.45, 2.75) is 45.1 Å². The fraction of sp³-hybridized carbons (Fsp3) is 0.917. The van der Waals surface area contributed by atoms with Crippen molar-refractivity contribution in [1.29, 1.82) is 0 Å². The molecule has 2 rings (SSSR count). The lowest BCUT2D eigenvalue weighted by atomic mass is 10.1. The molecule has 1 aliphatic heterocycles. The van der Waals surface area contributed by atoms with Crippen LogP contribution in [0.1, 0.15) is 39.0 Å². The summed E-state index contributed by atoms with van der Waals surface area (Å²) >= 11 is 0. The van der Waals surface area contributed by atoms with Crippen molar-refractivity contribution >= 4 is 18.3 Å². The van der Waals surface area contributed by atoms with Gasteiger partial charge in [-0.15, -0.1) is 12.4 Å². The van der Waals surface area contributed by atoms with Gasteiger partial charge in [0, 0.05) is 32.1 Å². The molecule has 1 aliphatic carbocycles. The molecule has 1 saturated carbocycles. The van der Waals surface area contributed by atoms with Gasteiger partial charge in [0.05, 0.1) is 0 Å². The largest absolute Gasteiger partial charge is 0.337 e. The van der Waals surface area contributed by atoms with E-state index in [2.05, 4.69) is 17.1 Å². The van der Waals surface area contributed by atoms with Crippen LogP contribution in [0.15, 0.2) is 0 Å². The van der Waals surface area contributed by atoms with E-state index in [1.807, 2.05) is 0 Å². The van der Waals surface area contributed by atoms with E-state index in [4.69, 9.17) is 0 Å². The fourth-order valence-corrected chi connectivity index (χ4v) is 2.37. The van der Waals surface area contributed by atoms with Crippen LogP contribution in [0.2, 0.25) is 0 Å². The van der Waals surface area contributed by atoms with Gasteiger partial charge in [0.2, 0.25) is 5.91 Å². The zero-order valence-corrected chi connectivity index (χ0v) is 10.9. The van der Waals surface area contributed by atoms with Gasteiger partial charge < -0.3 is 10.2 Å². The first-order valence-electron chi connectivity index (χ1n) is 6.31. The molecule has 16 heavy (non-hydrogen) atoms. The van der Waals surface area contributed by atoms with Gasteiger partial charge in [-0.1, -0.05) is 13.3 Å². The molecule has 0 spiro atoms. The lowest BCUT2D eigenvalue weighted by Crippen LogP contribution is -2.53. The predicted octanol–water partition coefficient (Wildman–Crippen LogP) is 1.81. The van der Waals surface area contributed by atoms with Crippen molar-refractivity contribution in [3.05, 3.63) is 0 Å². The number of halogens is 1. The third-order valence-electron chi connectivity index (χ3n) is 3.45. The SMILES string of the molecule is CCCC1CNCCN1C(=O)CC1CC1.Cl. The molecule has 0 bridgehead atoms. The van der Waals surface area contributed by atoms with E-state index in [9.17, 15) is 4.79 Å². The molecule has 1 saturated heterocycles. The average molecular weight is 247 g/mol. The molecule has 3 nitrogen and oxygen atoms in total. The molecule has 2 aliphatic rings. The molecule has 4 heteroatoms. The van der Waals surface area contributed by atoms with E-state index in [1.165, 1.54) is 19.3 Å². The van der Waals surface area contributed by atoms with Gasteiger partial charge in [-0.2, -0.15) is 0 Å². The molecule has 0 radical (unpaired) electrons. The van der Waals surface area contributed by atoms with Gasteiger partial charge in [0.15, 0.2) is 0 Å². The minimum atomic E-state index is 0. The monoisotopic (exact) mass is 246 g/mol. The van der Waals surface area contributed by atoms with E-state index in [0.29, 0.717) is 11.9 Å². The summed E-state index contributed by atoms with van der Waals surface area (Å²) in [6, 6.07) is 0.454. The second kappa shape index (κ2) is 6.45. The van der Waals surface area contributed by atoms with Gasteiger partial charge in [-0.05, 0) is 25.2 Å². The van der Waals surface area contributed by atoms with Crippen LogP contribution in [0.5, 0.6) is 0 Å². The zero-order chi connectivity index (χ0) is 10.7. The minimum absolute atomic E-state index is 0. The molecular weight excluding hydrogens is 224 g/mol. The molecule has 1 amide bonds. The standard InChI is InChI=1S/C12H22N2O.ClH/c1-2-3-11-9-13-6-7-14(11)12(15)8-10-4-5-10;/h10-11,13H,2-9H2,1H3;1H. The van der Waals surface area contributed by atoms with Crippen LogP contribution in [0.4, 0.5) is 0 Å². The van der Waals surface area contributed by atoms with Crippen LogP contribution in [-0.2, 0) is 4.79 Å². The second-order valence-corrected chi connectivity index (χ2v) is 4.88. The number of carbonyl (C=O) groups excluding carboxylic acids is 1. The Balaban J connectivity index is 0.00000128. The van der Waals surface area contributed by atoms with Crippen molar-refractivity contribution in [2.24, 2.45) is 5.92 Å². The quantitative estimate of drug-likeness (QED) is 0.821. The smallest absolute Gasteiger partial charge is 0.223 e. The summed E-state index contributed by atoms with van der Waals surface area (Å²) in [6.45, 7) is 5.06. The number of hydrogen-bond acceptors (Lipinski definition) is 2. The summed E-state index contributed by atoms with van der Waals surface area (Å²) in [7, 11) is 0. The Labute approximate surface area is 104 Å². The second-order valence-electron chi connectivity index (χ2n) is 4.88. The molecule has 0 aromatic carbocycles. The Morgan fingerprint density at radius 1 is 1.44 bits per heavy atom. The molecule has 1 heterocycles.